The lowest BCUT2D eigenvalue weighted by atomic mass is 9.67. The number of ketones is 1. The number of nitrogens with two attached hydrogens (primary N) is 1. The Bertz CT molecular complexity index is 1590. The van der Waals surface area contributed by atoms with Crippen LogP contribution in [0.3, 0.4) is 0 Å². The predicted molar refractivity (Wildman–Crippen MR) is 162 cm³/mol. The van der Waals surface area contributed by atoms with E-state index >= 15 is 0 Å². The number of piperidine rings is 1. The summed E-state index contributed by atoms with van der Waals surface area (Å²) < 4.78 is 27.7. The van der Waals surface area contributed by atoms with Crippen molar-refractivity contribution in [3.8, 4) is 0 Å². The van der Waals surface area contributed by atoms with Gasteiger partial charge in [0.25, 0.3) is 11.8 Å². The van der Waals surface area contributed by atoms with E-state index in [1.54, 1.807) is 60.7 Å². The van der Waals surface area contributed by atoms with E-state index in [4.69, 9.17) is 17.3 Å². The first kappa shape index (κ1) is 29.9. The predicted octanol–water partition coefficient (Wildman–Crippen LogP) is 3.16. The summed E-state index contributed by atoms with van der Waals surface area (Å²) in [5.41, 5.74) is 7.88. The fraction of sp³-hybridized carbons (Fsp3) is 0.323. The number of hydrogen-bond donors (Lipinski definition) is 2. The van der Waals surface area contributed by atoms with Gasteiger partial charge in [0.15, 0.2) is 5.78 Å². The molecule has 42 heavy (non-hydrogen) atoms. The van der Waals surface area contributed by atoms with Gasteiger partial charge < -0.3 is 11.1 Å². The van der Waals surface area contributed by atoms with Gasteiger partial charge in [-0.2, -0.15) is 0 Å². The first-order valence-electron chi connectivity index (χ1n) is 13.8. The third-order valence-electron chi connectivity index (χ3n) is 8.13. The number of hydrogen-bond acceptors (Lipinski definition) is 7. The topological polar surface area (TPSA) is 130 Å². The summed E-state index contributed by atoms with van der Waals surface area (Å²) in [6, 6.07) is 19.8. The van der Waals surface area contributed by atoms with Crippen molar-refractivity contribution in [2.45, 2.75) is 30.7 Å². The number of carbonyl (C=O) groups is 3. The molecule has 1 fully saturated rings. The van der Waals surface area contributed by atoms with Gasteiger partial charge in [0.05, 0.1) is 41.1 Å². The Labute approximate surface area is 250 Å². The number of imide groups is 1. The van der Waals surface area contributed by atoms with Crippen LogP contribution in [-0.2, 0) is 26.7 Å². The molecule has 1 unspecified atom stereocenters. The highest BCUT2D eigenvalue weighted by Gasteiger charge is 2.45. The van der Waals surface area contributed by atoms with Crippen LogP contribution in [0.4, 0.5) is 5.69 Å². The van der Waals surface area contributed by atoms with Crippen LogP contribution in [0.1, 0.15) is 44.7 Å². The fourth-order valence-electron chi connectivity index (χ4n) is 6.02. The van der Waals surface area contributed by atoms with Gasteiger partial charge in [0, 0.05) is 11.6 Å². The molecule has 3 aromatic carbocycles. The van der Waals surface area contributed by atoms with Crippen LogP contribution in [0.15, 0.2) is 72.8 Å². The van der Waals surface area contributed by atoms with Crippen LogP contribution in [0.2, 0.25) is 5.02 Å². The molecule has 11 heteroatoms. The Morgan fingerprint density at radius 1 is 0.976 bits per heavy atom. The molecule has 0 saturated carbocycles. The molecule has 3 aromatic rings. The lowest BCUT2D eigenvalue weighted by Gasteiger charge is -2.41. The molecule has 0 spiro atoms. The van der Waals surface area contributed by atoms with E-state index in [9.17, 15) is 22.8 Å². The van der Waals surface area contributed by atoms with Gasteiger partial charge in [-0.25, -0.2) is 8.42 Å². The molecule has 0 aromatic heterocycles. The number of benzene rings is 3. The Kier molecular flexibility index (Phi) is 8.52. The molecule has 0 aliphatic carbocycles. The number of sulfonamides is 1. The highest BCUT2D eigenvalue weighted by molar-refractivity contribution is 7.92. The van der Waals surface area contributed by atoms with Crippen LogP contribution in [0.25, 0.3) is 0 Å². The van der Waals surface area contributed by atoms with Crippen LogP contribution >= 0.6 is 11.6 Å². The van der Waals surface area contributed by atoms with Crippen LogP contribution in [0, 0.1) is 0 Å². The van der Waals surface area contributed by atoms with E-state index in [1.807, 2.05) is 12.1 Å². The average Bonchev–Trinajstić information content (AvgIpc) is 3.23. The van der Waals surface area contributed by atoms with Crippen molar-refractivity contribution in [2.24, 2.45) is 5.73 Å². The Morgan fingerprint density at radius 3 is 2.14 bits per heavy atom. The summed E-state index contributed by atoms with van der Waals surface area (Å²) in [4.78, 5) is 41.3. The van der Waals surface area contributed by atoms with Gasteiger partial charge in [0.1, 0.15) is 0 Å². The Morgan fingerprint density at radius 2 is 1.55 bits per heavy atom. The molecule has 2 aliphatic heterocycles. The molecule has 9 nitrogen and oxygen atoms in total. The maximum atomic E-state index is 14.3. The largest absolute Gasteiger partial charge is 0.321 e. The summed E-state index contributed by atoms with van der Waals surface area (Å²) in [6.07, 6.45) is 2.26. The van der Waals surface area contributed by atoms with Gasteiger partial charge in [-0.05, 0) is 73.8 Å². The second kappa shape index (κ2) is 12.0. The van der Waals surface area contributed by atoms with E-state index in [0.717, 1.165) is 16.7 Å². The SMILES string of the molecule is CS(=O)(=O)N(CCN1C(=O)c2ccccc2C1=O)c1ccccc1C1(C(=O)C(N)Cc2ccc(Cl)cc2)CCNCC1. The number of anilines is 1. The maximum absolute atomic E-state index is 14.3. The van der Waals surface area contributed by atoms with E-state index in [1.165, 1.54) is 4.31 Å². The summed E-state index contributed by atoms with van der Waals surface area (Å²) >= 11 is 6.03. The average molecular weight is 609 g/mol. The highest BCUT2D eigenvalue weighted by atomic mass is 35.5. The van der Waals surface area contributed by atoms with E-state index in [2.05, 4.69) is 5.32 Å². The molecule has 5 rings (SSSR count). The smallest absolute Gasteiger partial charge is 0.261 e. The number of amides is 2. The van der Waals surface area contributed by atoms with Gasteiger partial charge >= 0.3 is 0 Å². The van der Waals surface area contributed by atoms with E-state index < -0.39 is 33.3 Å². The zero-order valence-corrected chi connectivity index (χ0v) is 24.8. The van der Waals surface area contributed by atoms with Gasteiger partial charge in [-0.15, -0.1) is 0 Å². The van der Waals surface area contributed by atoms with Gasteiger partial charge in [0.2, 0.25) is 10.0 Å². The van der Waals surface area contributed by atoms with E-state index in [-0.39, 0.29) is 18.9 Å². The zero-order valence-electron chi connectivity index (χ0n) is 23.3. The minimum Gasteiger partial charge on any atom is -0.321 e. The van der Waals surface area contributed by atoms with Crippen molar-refractivity contribution >= 4 is 44.9 Å². The zero-order chi connectivity index (χ0) is 30.1. The third kappa shape index (κ3) is 5.72. The normalized spacial score (nSPS) is 17.2. The lowest BCUT2D eigenvalue weighted by Crippen LogP contribution is -2.53. The second-order valence-corrected chi connectivity index (χ2v) is 13.1. The molecule has 2 heterocycles. The molecular formula is C31H33ClN4O5S. The first-order valence-corrected chi connectivity index (χ1v) is 16.0. The summed E-state index contributed by atoms with van der Waals surface area (Å²) in [7, 11) is -3.89. The number of halogens is 1. The molecule has 0 radical (unpaired) electrons. The van der Waals surface area contributed by atoms with Crippen LogP contribution < -0.4 is 15.4 Å². The number of fused-ring (bicyclic) bond motifs is 1. The summed E-state index contributed by atoms with van der Waals surface area (Å²) in [5.74, 6) is -1.09. The molecule has 2 amide bonds. The molecule has 0 bridgehead atoms. The van der Waals surface area contributed by atoms with Gasteiger partial charge in [-0.1, -0.05) is 54.1 Å². The molecule has 2 aliphatic rings. The lowest BCUT2D eigenvalue weighted by molar-refractivity contribution is -0.127. The monoisotopic (exact) mass is 608 g/mol. The van der Waals surface area contributed by atoms with E-state index in [0.29, 0.717) is 59.8 Å². The number of carbonyl (C=O) groups excluding carboxylic acids is 3. The van der Waals surface area contributed by atoms with Crippen molar-refractivity contribution in [1.29, 1.82) is 0 Å². The fourth-order valence-corrected chi connectivity index (χ4v) is 7.07. The van der Waals surface area contributed by atoms with Crippen LogP contribution in [0.5, 0.6) is 0 Å². The molecule has 1 atom stereocenters. The number of nitrogens with one attached hydrogen (secondary N) is 1. The number of Topliss-reactive ketones (excluding diaryl/α,β-unsaturated/α-hetero) is 1. The number of rotatable bonds is 10. The quantitative estimate of drug-likeness (QED) is 0.338. The molecule has 3 N–H and O–H groups in total. The van der Waals surface area contributed by atoms with Crippen molar-refractivity contribution in [1.82, 2.24) is 10.2 Å². The Balaban J connectivity index is 1.48. The number of nitrogens with zero attached hydrogens (tertiary/aromatic N) is 2. The van der Waals surface area contributed by atoms with Crippen LogP contribution in [-0.4, -0.2) is 69.4 Å². The Hall–Kier alpha value is -3.57. The highest BCUT2D eigenvalue weighted by Crippen LogP contribution is 2.41. The molecule has 1 saturated heterocycles. The third-order valence-corrected chi connectivity index (χ3v) is 9.56. The summed E-state index contributed by atoms with van der Waals surface area (Å²) in [5, 5.41) is 3.88. The maximum Gasteiger partial charge on any atom is 0.261 e. The van der Waals surface area contributed by atoms with Crippen molar-refractivity contribution in [2.75, 3.05) is 36.7 Å². The molecular weight excluding hydrogens is 576 g/mol. The van der Waals surface area contributed by atoms with Crippen molar-refractivity contribution in [3.05, 3.63) is 100 Å². The van der Waals surface area contributed by atoms with Gasteiger partial charge in [-0.3, -0.25) is 23.6 Å². The summed E-state index contributed by atoms with van der Waals surface area (Å²) in [6.45, 7) is 0.802. The number of para-hydroxylation sites is 1. The standard InChI is InChI=1S/C31H33ClN4O5S/c1-42(40,41)36(19-18-35-29(38)23-6-2-3-7-24(23)30(35)39)27-9-5-4-8-25(27)31(14-16-34-17-15-31)28(37)26(33)20-21-10-12-22(32)13-11-21/h2-13,26,34H,14-20,33H2,1H3. The second-order valence-electron chi connectivity index (χ2n) is 10.8. The first-order chi connectivity index (χ1) is 20.0. The minimum atomic E-state index is -3.89. The van der Waals surface area contributed by atoms with Crippen molar-refractivity contribution in [3.63, 3.8) is 0 Å². The minimum absolute atomic E-state index is 0.146. The molecule has 220 valence electrons. The van der Waals surface area contributed by atoms with Crippen molar-refractivity contribution < 1.29 is 22.8 Å².